The van der Waals surface area contributed by atoms with E-state index in [9.17, 15) is 0 Å². The van der Waals surface area contributed by atoms with Crippen LogP contribution in [0.2, 0.25) is 0 Å². The molecule has 178 valence electrons. The Bertz CT molecular complexity index is 1960. The van der Waals surface area contributed by atoms with E-state index in [0.29, 0.717) is 0 Å². The molecule has 0 saturated heterocycles. The fraction of sp³-hybridized carbons (Fsp3) is 0. The number of para-hydroxylation sites is 3. The van der Waals surface area contributed by atoms with Crippen LogP contribution >= 0.6 is 0 Å². The Morgan fingerprint density at radius 3 is 1.53 bits per heavy atom. The lowest BCUT2D eigenvalue weighted by Crippen LogP contribution is -1.94. The fourth-order valence-corrected chi connectivity index (χ4v) is 5.90. The first-order valence-electron chi connectivity index (χ1n) is 12.9. The van der Waals surface area contributed by atoms with Gasteiger partial charge in [-0.05, 0) is 59.7 Å². The summed E-state index contributed by atoms with van der Waals surface area (Å²) in [6.07, 6.45) is 3.85. The number of pyridine rings is 1. The van der Waals surface area contributed by atoms with Gasteiger partial charge in [0.05, 0.1) is 22.1 Å². The smallest absolute Gasteiger partial charge is 0.0571 e. The molecule has 0 radical (unpaired) electrons. The Morgan fingerprint density at radius 2 is 0.895 bits per heavy atom. The quantitative estimate of drug-likeness (QED) is 0.245. The van der Waals surface area contributed by atoms with Gasteiger partial charge in [-0.3, -0.25) is 4.98 Å². The highest BCUT2D eigenvalue weighted by atomic mass is 15.0. The van der Waals surface area contributed by atoms with Crippen LogP contribution in [0.15, 0.2) is 140 Å². The van der Waals surface area contributed by atoms with Crippen molar-refractivity contribution in [3.05, 3.63) is 140 Å². The van der Waals surface area contributed by atoms with Crippen LogP contribution in [0, 0.1) is 0 Å². The molecular formula is C35H23N3. The molecule has 3 nitrogen and oxygen atoms in total. The number of hydrogen-bond acceptors (Lipinski definition) is 1. The largest absolute Gasteiger partial charge is 0.309 e. The minimum Gasteiger partial charge on any atom is -0.309 e. The fourth-order valence-electron chi connectivity index (χ4n) is 5.90. The van der Waals surface area contributed by atoms with E-state index in [1.807, 2.05) is 12.4 Å². The SMILES string of the molecule is c1ccc(-n2c3ccccc3c3ccc(-c4ccc5c6cnccc6n(-c6ccccc6)c5c4)cc32)cc1. The van der Waals surface area contributed by atoms with Gasteiger partial charge in [-0.25, -0.2) is 0 Å². The van der Waals surface area contributed by atoms with Crippen molar-refractivity contribution in [1.29, 1.82) is 0 Å². The van der Waals surface area contributed by atoms with Gasteiger partial charge in [0.25, 0.3) is 0 Å². The van der Waals surface area contributed by atoms with Crippen molar-refractivity contribution in [2.75, 3.05) is 0 Å². The molecule has 5 aromatic carbocycles. The molecule has 0 aliphatic carbocycles. The Kier molecular flexibility index (Phi) is 4.52. The zero-order valence-electron chi connectivity index (χ0n) is 20.6. The highest BCUT2D eigenvalue weighted by molar-refractivity contribution is 6.12. The molecule has 3 heterocycles. The first-order chi connectivity index (χ1) is 18.9. The summed E-state index contributed by atoms with van der Waals surface area (Å²) in [4.78, 5) is 4.43. The minimum absolute atomic E-state index is 1.15. The Hall–Kier alpha value is -5.15. The first-order valence-corrected chi connectivity index (χ1v) is 12.9. The van der Waals surface area contributed by atoms with Gasteiger partial charge in [0.2, 0.25) is 0 Å². The highest BCUT2D eigenvalue weighted by Crippen LogP contribution is 2.37. The van der Waals surface area contributed by atoms with Gasteiger partial charge in [-0.1, -0.05) is 78.9 Å². The molecule has 0 N–H and O–H groups in total. The molecule has 0 spiro atoms. The van der Waals surface area contributed by atoms with Crippen LogP contribution in [-0.2, 0) is 0 Å². The number of nitrogens with zero attached hydrogens (tertiary/aromatic N) is 3. The second-order valence-electron chi connectivity index (χ2n) is 9.72. The van der Waals surface area contributed by atoms with Gasteiger partial charge in [0, 0.05) is 45.3 Å². The van der Waals surface area contributed by atoms with E-state index in [1.165, 1.54) is 49.5 Å². The summed E-state index contributed by atoms with van der Waals surface area (Å²) in [6, 6.07) is 45.6. The van der Waals surface area contributed by atoms with Crippen LogP contribution in [0.3, 0.4) is 0 Å². The van der Waals surface area contributed by atoms with Crippen molar-refractivity contribution < 1.29 is 0 Å². The molecule has 3 heteroatoms. The van der Waals surface area contributed by atoms with Crippen molar-refractivity contribution >= 4 is 43.6 Å². The summed E-state index contributed by atoms with van der Waals surface area (Å²) in [5.74, 6) is 0. The van der Waals surface area contributed by atoms with E-state index < -0.39 is 0 Å². The molecule has 8 aromatic rings. The molecule has 0 amide bonds. The van der Waals surface area contributed by atoms with E-state index in [-0.39, 0.29) is 0 Å². The lowest BCUT2D eigenvalue weighted by atomic mass is 10.0. The third-order valence-electron chi connectivity index (χ3n) is 7.60. The van der Waals surface area contributed by atoms with Crippen LogP contribution < -0.4 is 0 Å². The molecule has 0 saturated carbocycles. The average Bonchev–Trinajstić information content (AvgIpc) is 3.50. The maximum absolute atomic E-state index is 4.43. The lowest BCUT2D eigenvalue weighted by molar-refractivity contribution is 1.17. The second-order valence-corrected chi connectivity index (χ2v) is 9.72. The maximum atomic E-state index is 4.43. The van der Waals surface area contributed by atoms with Crippen molar-refractivity contribution in [2.45, 2.75) is 0 Å². The molecule has 8 rings (SSSR count). The Balaban J connectivity index is 1.40. The second kappa shape index (κ2) is 8.19. The monoisotopic (exact) mass is 485 g/mol. The molecule has 0 aliphatic rings. The average molecular weight is 486 g/mol. The number of rotatable bonds is 3. The van der Waals surface area contributed by atoms with Crippen molar-refractivity contribution in [3.8, 4) is 22.5 Å². The van der Waals surface area contributed by atoms with Crippen molar-refractivity contribution in [2.24, 2.45) is 0 Å². The van der Waals surface area contributed by atoms with Crippen LogP contribution in [-0.4, -0.2) is 14.1 Å². The zero-order valence-corrected chi connectivity index (χ0v) is 20.6. The van der Waals surface area contributed by atoms with E-state index in [1.54, 1.807) is 0 Å². The van der Waals surface area contributed by atoms with Gasteiger partial charge >= 0.3 is 0 Å². The molecule has 0 bridgehead atoms. The molecule has 38 heavy (non-hydrogen) atoms. The number of fused-ring (bicyclic) bond motifs is 6. The van der Waals surface area contributed by atoms with E-state index in [4.69, 9.17) is 0 Å². The highest BCUT2D eigenvalue weighted by Gasteiger charge is 2.16. The number of aromatic nitrogens is 3. The summed E-state index contributed by atoms with van der Waals surface area (Å²) < 4.78 is 4.72. The van der Waals surface area contributed by atoms with Gasteiger partial charge in [0.1, 0.15) is 0 Å². The van der Waals surface area contributed by atoms with Crippen molar-refractivity contribution in [3.63, 3.8) is 0 Å². The topological polar surface area (TPSA) is 22.8 Å². The minimum atomic E-state index is 1.15. The molecule has 0 fully saturated rings. The summed E-state index contributed by atoms with van der Waals surface area (Å²) in [5.41, 5.74) is 9.48. The van der Waals surface area contributed by atoms with Crippen LogP contribution in [0.5, 0.6) is 0 Å². The number of benzene rings is 5. The molecular weight excluding hydrogens is 462 g/mol. The summed E-state index contributed by atoms with van der Waals surface area (Å²) in [7, 11) is 0. The lowest BCUT2D eigenvalue weighted by Gasteiger charge is -2.10. The standard InChI is InChI=1S/C35H23N3/c1-3-9-26(10-4-1)37-32-14-8-7-13-28(32)29-17-15-24(21-34(29)37)25-16-18-30-31-23-36-20-19-33(31)38(35(30)22-25)27-11-5-2-6-12-27/h1-23H. The number of hydrogen-bond donors (Lipinski definition) is 0. The summed E-state index contributed by atoms with van der Waals surface area (Å²) in [6.45, 7) is 0. The summed E-state index contributed by atoms with van der Waals surface area (Å²) >= 11 is 0. The predicted molar refractivity (Wildman–Crippen MR) is 158 cm³/mol. The van der Waals surface area contributed by atoms with Gasteiger partial charge < -0.3 is 9.13 Å². The van der Waals surface area contributed by atoms with Gasteiger partial charge in [-0.15, -0.1) is 0 Å². The zero-order chi connectivity index (χ0) is 25.1. The summed E-state index contributed by atoms with van der Waals surface area (Å²) in [5, 5.41) is 4.90. The van der Waals surface area contributed by atoms with E-state index in [0.717, 1.165) is 16.6 Å². The Labute approximate surface area is 219 Å². The molecule has 0 atom stereocenters. The van der Waals surface area contributed by atoms with E-state index >= 15 is 0 Å². The van der Waals surface area contributed by atoms with Crippen LogP contribution in [0.1, 0.15) is 0 Å². The maximum Gasteiger partial charge on any atom is 0.0571 e. The third kappa shape index (κ3) is 3.06. The van der Waals surface area contributed by atoms with Crippen LogP contribution in [0.4, 0.5) is 0 Å². The van der Waals surface area contributed by atoms with Gasteiger partial charge in [0.15, 0.2) is 0 Å². The first kappa shape index (κ1) is 21.0. The molecule has 0 aliphatic heterocycles. The third-order valence-corrected chi connectivity index (χ3v) is 7.60. The molecule has 0 unspecified atom stereocenters. The normalized spacial score (nSPS) is 11.7. The van der Waals surface area contributed by atoms with Crippen molar-refractivity contribution in [1.82, 2.24) is 14.1 Å². The van der Waals surface area contributed by atoms with Gasteiger partial charge in [-0.2, -0.15) is 0 Å². The Morgan fingerprint density at radius 1 is 0.395 bits per heavy atom. The molecule has 3 aromatic heterocycles. The predicted octanol–water partition coefficient (Wildman–Crippen LogP) is 8.94. The van der Waals surface area contributed by atoms with E-state index in [2.05, 4.69) is 142 Å². The van der Waals surface area contributed by atoms with Crippen LogP contribution in [0.25, 0.3) is 66.1 Å².